The highest BCUT2D eigenvalue weighted by molar-refractivity contribution is 9.09. The van der Waals surface area contributed by atoms with Gasteiger partial charge in [-0.15, -0.1) is 0 Å². The van der Waals surface area contributed by atoms with Crippen LogP contribution in [-0.4, -0.2) is 10.3 Å². The molecule has 2 aromatic rings. The lowest BCUT2D eigenvalue weighted by molar-refractivity contribution is 0.590. The summed E-state index contributed by atoms with van der Waals surface area (Å²) in [5, 5.41) is 2.89. The molecule has 15 heavy (non-hydrogen) atoms. The van der Waals surface area contributed by atoms with Gasteiger partial charge in [0.1, 0.15) is 0 Å². The molecule has 0 spiro atoms. The molecule has 1 heterocycles. The number of benzene rings is 1. The first kappa shape index (κ1) is 11.0. The van der Waals surface area contributed by atoms with Gasteiger partial charge in [-0.25, -0.2) is 0 Å². The van der Waals surface area contributed by atoms with Crippen LogP contribution in [0, 0.1) is 0 Å². The third kappa shape index (κ3) is 2.06. The Kier molecular flexibility index (Phi) is 2.82. The van der Waals surface area contributed by atoms with Crippen LogP contribution >= 0.6 is 27.5 Å². The molecule has 80 valence electrons. The van der Waals surface area contributed by atoms with Crippen LogP contribution in [0.5, 0.6) is 0 Å². The van der Waals surface area contributed by atoms with Crippen molar-refractivity contribution in [1.29, 1.82) is 0 Å². The third-order valence-corrected chi connectivity index (χ3v) is 4.28. The number of halogens is 2. The van der Waals surface area contributed by atoms with E-state index in [2.05, 4.69) is 40.8 Å². The maximum Gasteiger partial charge on any atom is 0.0457 e. The topological polar surface area (TPSA) is 15.8 Å². The van der Waals surface area contributed by atoms with Crippen molar-refractivity contribution in [1.82, 2.24) is 4.98 Å². The standard InChI is InChI=1S/C12H13BrClN/c1-12(2,7-13)11-6-8-5-9(14)3-4-10(8)15-11/h3-6,15H,7H2,1-2H3. The molecule has 0 atom stereocenters. The zero-order chi connectivity index (χ0) is 11.1. The Hall–Kier alpha value is -0.470. The molecule has 1 nitrogen and oxygen atoms in total. The molecule has 0 aliphatic carbocycles. The summed E-state index contributed by atoms with van der Waals surface area (Å²) in [6, 6.07) is 8.08. The Balaban J connectivity index is 2.56. The van der Waals surface area contributed by atoms with E-state index >= 15 is 0 Å². The van der Waals surface area contributed by atoms with Gasteiger partial charge in [0.15, 0.2) is 0 Å². The fourth-order valence-corrected chi connectivity index (χ4v) is 2.02. The Morgan fingerprint density at radius 2 is 2.07 bits per heavy atom. The van der Waals surface area contributed by atoms with E-state index in [1.165, 1.54) is 11.1 Å². The zero-order valence-electron chi connectivity index (χ0n) is 8.77. The van der Waals surface area contributed by atoms with Crippen LogP contribution < -0.4 is 0 Å². The highest BCUT2D eigenvalue weighted by atomic mass is 79.9. The highest BCUT2D eigenvalue weighted by Gasteiger charge is 2.20. The van der Waals surface area contributed by atoms with E-state index < -0.39 is 0 Å². The highest BCUT2D eigenvalue weighted by Crippen LogP contribution is 2.29. The van der Waals surface area contributed by atoms with Crippen molar-refractivity contribution in [3.63, 3.8) is 0 Å². The first-order chi connectivity index (χ1) is 7.03. The number of fused-ring (bicyclic) bond motifs is 1. The fourth-order valence-electron chi connectivity index (χ4n) is 1.54. The van der Waals surface area contributed by atoms with Crippen molar-refractivity contribution in [3.8, 4) is 0 Å². The monoisotopic (exact) mass is 285 g/mol. The number of aromatic nitrogens is 1. The molecule has 3 heteroatoms. The van der Waals surface area contributed by atoms with E-state index in [0.717, 1.165) is 15.9 Å². The molecule has 0 saturated heterocycles. The lowest BCUT2D eigenvalue weighted by Crippen LogP contribution is -2.18. The van der Waals surface area contributed by atoms with Gasteiger partial charge in [0.25, 0.3) is 0 Å². The van der Waals surface area contributed by atoms with E-state index in [9.17, 15) is 0 Å². The summed E-state index contributed by atoms with van der Waals surface area (Å²) in [5.41, 5.74) is 2.49. The number of alkyl halides is 1. The molecule has 0 unspecified atom stereocenters. The summed E-state index contributed by atoms with van der Waals surface area (Å²) < 4.78 is 0. The molecule has 1 aromatic carbocycles. The number of hydrogen-bond acceptors (Lipinski definition) is 0. The average molecular weight is 287 g/mol. The molecule has 0 fully saturated rings. The molecule has 0 aliphatic heterocycles. The molecule has 1 N–H and O–H groups in total. The summed E-state index contributed by atoms with van der Waals surface area (Å²) in [5.74, 6) is 0. The van der Waals surface area contributed by atoms with Gasteiger partial charge in [-0.2, -0.15) is 0 Å². The maximum atomic E-state index is 5.95. The number of rotatable bonds is 2. The van der Waals surface area contributed by atoms with Crippen LogP contribution in [0.3, 0.4) is 0 Å². The van der Waals surface area contributed by atoms with Crippen molar-refractivity contribution in [2.24, 2.45) is 0 Å². The van der Waals surface area contributed by atoms with Crippen molar-refractivity contribution in [3.05, 3.63) is 35.0 Å². The Bertz CT molecular complexity index is 487. The molecule has 0 radical (unpaired) electrons. The SMILES string of the molecule is CC(C)(CBr)c1cc2cc(Cl)ccc2[nH]1. The predicted molar refractivity (Wildman–Crippen MR) is 70.1 cm³/mol. The van der Waals surface area contributed by atoms with Gasteiger partial charge in [0.2, 0.25) is 0 Å². The molecule has 2 rings (SSSR count). The van der Waals surface area contributed by atoms with E-state index in [1.807, 2.05) is 18.2 Å². The Morgan fingerprint density at radius 3 is 2.73 bits per heavy atom. The smallest absolute Gasteiger partial charge is 0.0457 e. The largest absolute Gasteiger partial charge is 0.358 e. The summed E-state index contributed by atoms with van der Waals surface area (Å²) in [4.78, 5) is 3.43. The second kappa shape index (κ2) is 3.84. The van der Waals surface area contributed by atoms with E-state index in [0.29, 0.717) is 0 Å². The second-order valence-corrected chi connectivity index (χ2v) is 5.43. The molecule has 0 bridgehead atoms. The van der Waals surface area contributed by atoms with E-state index in [1.54, 1.807) is 0 Å². The molecule has 1 aromatic heterocycles. The summed E-state index contributed by atoms with van der Waals surface area (Å²) in [6.07, 6.45) is 0. The van der Waals surface area contributed by atoms with Crippen LogP contribution in [0.15, 0.2) is 24.3 Å². The summed E-state index contributed by atoms with van der Waals surface area (Å²) >= 11 is 9.49. The van der Waals surface area contributed by atoms with Gasteiger partial charge < -0.3 is 4.98 Å². The summed E-state index contributed by atoms with van der Waals surface area (Å²) in [7, 11) is 0. The van der Waals surface area contributed by atoms with Gasteiger partial charge in [-0.3, -0.25) is 0 Å². The Morgan fingerprint density at radius 1 is 1.33 bits per heavy atom. The molecule has 0 amide bonds. The van der Waals surface area contributed by atoms with Crippen LogP contribution in [0.1, 0.15) is 19.5 Å². The van der Waals surface area contributed by atoms with Crippen molar-refractivity contribution >= 4 is 38.4 Å². The average Bonchev–Trinajstić information content (AvgIpc) is 2.61. The van der Waals surface area contributed by atoms with E-state index in [4.69, 9.17) is 11.6 Å². The zero-order valence-corrected chi connectivity index (χ0v) is 11.1. The number of aromatic amines is 1. The van der Waals surface area contributed by atoms with Gasteiger partial charge in [0.05, 0.1) is 0 Å². The van der Waals surface area contributed by atoms with Crippen molar-refractivity contribution < 1.29 is 0 Å². The number of nitrogens with one attached hydrogen (secondary N) is 1. The molecule has 0 aliphatic rings. The number of H-pyrrole nitrogens is 1. The quantitative estimate of drug-likeness (QED) is 0.783. The Labute approximate surface area is 103 Å². The van der Waals surface area contributed by atoms with Crippen molar-refractivity contribution in [2.45, 2.75) is 19.3 Å². The predicted octanol–water partition coefficient (Wildman–Crippen LogP) is 4.49. The van der Waals surface area contributed by atoms with E-state index in [-0.39, 0.29) is 5.41 Å². The lowest BCUT2D eigenvalue weighted by Gasteiger charge is -2.19. The molecular weight excluding hydrogens is 273 g/mol. The minimum absolute atomic E-state index is 0.117. The number of hydrogen-bond donors (Lipinski definition) is 1. The minimum atomic E-state index is 0.117. The van der Waals surface area contributed by atoms with Crippen LogP contribution in [0.25, 0.3) is 10.9 Å². The minimum Gasteiger partial charge on any atom is -0.358 e. The maximum absolute atomic E-state index is 5.95. The normalized spacial score (nSPS) is 12.3. The lowest BCUT2D eigenvalue weighted by atomic mass is 9.92. The summed E-state index contributed by atoms with van der Waals surface area (Å²) in [6.45, 7) is 4.40. The molecule has 0 saturated carbocycles. The van der Waals surface area contributed by atoms with Crippen LogP contribution in [0.4, 0.5) is 0 Å². The fraction of sp³-hybridized carbons (Fsp3) is 0.333. The molecular formula is C12H13BrClN. The van der Waals surface area contributed by atoms with Crippen LogP contribution in [-0.2, 0) is 5.41 Å². The third-order valence-electron chi connectivity index (χ3n) is 2.65. The second-order valence-electron chi connectivity index (χ2n) is 4.43. The van der Waals surface area contributed by atoms with Gasteiger partial charge in [-0.1, -0.05) is 41.4 Å². The van der Waals surface area contributed by atoms with Gasteiger partial charge in [0, 0.05) is 32.4 Å². The van der Waals surface area contributed by atoms with Gasteiger partial charge >= 0.3 is 0 Å². The first-order valence-electron chi connectivity index (χ1n) is 4.88. The first-order valence-corrected chi connectivity index (χ1v) is 6.37. The van der Waals surface area contributed by atoms with Gasteiger partial charge in [-0.05, 0) is 24.3 Å². The van der Waals surface area contributed by atoms with Crippen LogP contribution in [0.2, 0.25) is 5.02 Å². The van der Waals surface area contributed by atoms with Crippen molar-refractivity contribution in [2.75, 3.05) is 5.33 Å².